The van der Waals surface area contributed by atoms with Crippen LogP contribution in [0.25, 0.3) is 43.1 Å². The lowest BCUT2D eigenvalue weighted by molar-refractivity contribution is 0.0575. The first-order valence-electron chi connectivity index (χ1n) is 14.3. The van der Waals surface area contributed by atoms with Crippen molar-refractivity contribution in [2.45, 2.75) is 46.5 Å². The highest BCUT2D eigenvalue weighted by Gasteiger charge is 2.37. The van der Waals surface area contributed by atoms with Crippen LogP contribution in [0.2, 0.25) is 0 Å². The SMILES string of the molecule is CCCCC(CC)CN1C(=O)c2ccc3c4ccc5c6c(ccc(c7ccc(c2c37)C1=O)c64)C(=O)N(CC)C5=O. The van der Waals surface area contributed by atoms with Gasteiger partial charge in [-0.15, -0.1) is 0 Å². The van der Waals surface area contributed by atoms with Crippen LogP contribution in [0.15, 0.2) is 48.5 Å². The Morgan fingerprint density at radius 3 is 1.30 bits per heavy atom. The predicted octanol–water partition coefficient (Wildman–Crippen LogP) is 7.17. The van der Waals surface area contributed by atoms with Gasteiger partial charge in [0.1, 0.15) is 0 Å². The van der Waals surface area contributed by atoms with E-state index >= 15 is 0 Å². The predicted molar refractivity (Wildman–Crippen MR) is 157 cm³/mol. The van der Waals surface area contributed by atoms with E-state index in [1.165, 1.54) is 9.80 Å². The van der Waals surface area contributed by atoms with Gasteiger partial charge >= 0.3 is 0 Å². The molecule has 0 aromatic heterocycles. The zero-order chi connectivity index (χ0) is 27.9. The molecule has 200 valence electrons. The number of imide groups is 2. The molecule has 0 fully saturated rings. The van der Waals surface area contributed by atoms with Gasteiger partial charge in [0.15, 0.2) is 0 Å². The van der Waals surface area contributed by atoms with Gasteiger partial charge in [0, 0.05) is 46.1 Å². The van der Waals surface area contributed by atoms with Crippen LogP contribution >= 0.6 is 0 Å². The molecule has 0 saturated carbocycles. The summed E-state index contributed by atoms with van der Waals surface area (Å²) in [5, 5.41) is 6.78. The first-order chi connectivity index (χ1) is 19.4. The van der Waals surface area contributed by atoms with Gasteiger partial charge in [0.2, 0.25) is 0 Å². The maximum absolute atomic E-state index is 13.8. The van der Waals surface area contributed by atoms with Crippen molar-refractivity contribution in [3.8, 4) is 0 Å². The molecule has 0 aliphatic carbocycles. The van der Waals surface area contributed by atoms with E-state index in [2.05, 4.69) is 13.8 Å². The summed E-state index contributed by atoms with van der Waals surface area (Å²) < 4.78 is 0. The van der Waals surface area contributed by atoms with E-state index in [9.17, 15) is 19.2 Å². The van der Waals surface area contributed by atoms with Gasteiger partial charge < -0.3 is 0 Å². The summed E-state index contributed by atoms with van der Waals surface area (Å²) in [6.07, 6.45) is 4.08. The third-order valence-electron chi connectivity index (χ3n) is 9.10. The number of rotatable bonds is 7. The average Bonchev–Trinajstić information content (AvgIpc) is 2.97. The highest BCUT2D eigenvalue weighted by atomic mass is 16.2. The topological polar surface area (TPSA) is 74.8 Å². The molecule has 0 spiro atoms. The Morgan fingerprint density at radius 1 is 0.550 bits per heavy atom. The Hall–Kier alpha value is -4.32. The molecule has 6 nitrogen and oxygen atoms in total. The molecule has 1 unspecified atom stereocenters. The largest absolute Gasteiger partial charge is 0.275 e. The standard InChI is InChI=1S/C34H30N2O4/c1-4-7-8-18(5-2)17-36-33(39)25-15-11-21-19-9-13-23-29-24(32(38)35(6-3)31(23)37)14-10-20(27(19)29)22-12-16-26(34(36)40)30(25)28(21)22/h9-16,18H,4-8,17H2,1-3H3. The summed E-state index contributed by atoms with van der Waals surface area (Å²) in [6, 6.07) is 15.1. The highest BCUT2D eigenvalue weighted by molar-refractivity contribution is 6.41. The Bertz CT molecular complexity index is 1820. The summed E-state index contributed by atoms with van der Waals surface area (Å²) in [5.41, 5.74) is 2.17. The molecule has 5 aromatic carbocycles. The molecule has 1 atom stereocenters. The van der Waals surface area contributed by atoms with Crippen molar-refractivity contribution in [2.24, 2.45) is 5.92 Å². The minimum Gasteiger partial charge on any atom is -0.275 e. The molecule has 4 amide bonds. The summed E-state index contributed by atoms with van der Waals surface area (Å²) in [6.45, 7) is 6.82. The van der Waals surface area contributed by atoms with Crippen LogP contribution in [0.3, 0.4) is 0 Å². The minimum absolute atomic E-state index is 0.233. The fourth-order valence-electron chi connectivity index (χ4n) is 7.00. The molecule has 2 aliphatic rings. The van der Waals surface area contributed by atoms with E-state index in [0.29, 0.717) is 46.1 Å². The van der Waals surface area contributed by atoms with Crippen LogP contribution in [-0.4, -0.2) is 46.5 Å². The van der Waals surface area contributed by atoms with Crippen LogP contribution in [0, 0.1) is 5.92 Å². The smallest absolute Gasteiger partial charge is 0.261 e. The second-order valence-corrected chi connectivity index (χ2v) is 11.1. The quantitative estimate of drug-likeness (QED) is 0.127. The summed E-state index contributed by atoms with van der Waals surface area (Å²) in [7, 11) is 0. The van der Waals surface area contributed by atoms with Crippen molar-refractivity contribution in [2.75, 3.05) is 13.1 Å². The third kappa shape index (κ3) is 3.10. The van der Waals surface area contributed by atoms with Gasteiger partial charge in [-0.3, -0.25) is 29.0 Å². The Balaban J connectivity index is 1.48. The lowest BCUT2D eigenvalue weighted by Gasteiger charge is -2.31. The number of amides is 4. The Kier molecular flexibility index (Phi) is 5.46. The lowest BCUT2D eigenvalue weighted by Crippen LogP contribution is -2.43. The molecule has 0 N–H and O–H groups in total. The van der Waals surface area contributed by atoms with Crippen molar-refractivity contribution in [1.29, 1.82) is 0 Å². The number of nitrogens with zero attached hydrogens (tertiary/aromatic N) is 2. The fourth-order valence-corrected chi connectivity index (χ4v) is 7.00. The number of hydrogen-bond acceptors (Lipinski definition) is 4. The Morgan fingerprint density at radius 2 is 0.950 bits per heavy atom. The molecule has 7 rings (SSSR count). The normalized spacial score (nSPS) is 16.0. The van der Waals surface area contributed by atoms with Crippen LogP contribution in [0.5, 0.6) is 0 Å². The third-order valence-corrected chi connectivity index (χ3v) is 9.10. The molecular weight excluding hydrogens is 500 g/mol. The van der Waals surface area contributed by atoms with Crippen LogP contribution in [0.4, 0.5) is 0 Å². The average molecular weight is 531 g/mol. The molecule has 6 heteroatoms. The molecule has 0 saturated heterocycles. The van der Waals surface area contributed by atoms with Crippen LogP contribution in [0.1, 0.15) is 87.9 Å². The molecule has 2 aliphatic heterocycles. The van der Waals surface area contributed by atoms with E-state index in [1.54, 1.807) is 6.92 Å². The van der Waals surface area contributed by atoms with Crippen LogP contribution < -0.4 is 0 Å². The zero-order valence-corrected chi connectivity index (χ0v) is 23.0. The maximum Gasteiger partial charge on any atom is 0.261 e. The van der Waals surface area contributed by atoms with Crippen molar-refractivity contribution >= 4 is 66.7 Å². The van der Waals surface area contributed by atoms with E-state index < -0.39 is 0 Å². The minimum atomic E-state index is -0.277. The highest BCUT2D eigenvalue weighted by Crippen LogP contribution is 2.46. The number of carbonyl (C=O) groups excluding carboxylic acids is 4. The van der Waals surface area contributed by atoms with E-state index in [1.807, 2.05) is 48.5 Å². The number of fused-ring (bicyclic) bond motifs is 2. The summed E-state index contributed by atoms with van der Waals surface area (Å²) in [5.74, 6) is -0.741. The van der Waals surface area contributed by atoms with E-state index in [-0.39, 0.29) is 29.5 Å². The number of carbonyl (C=O) groups is 4. The van der Waals surface area contributed by atoms with E-state index in [4.69, 9.17) is 0 Å². The first kappa shape index (κ1) is 24.7. The van der Waals surface area contributed by atoms with Crippen molar-refractivity contribution in [3.05, 3.63) is 70.8 Å². The second-order valence-electron chi connectivity index (χ2n) is 11.1. The zero-order valence-electron chi connectivity index (χ0n) is 23.0. The molecule has 0 radical (unpaired) electrons. The van der Waals surface area contributed by atoms with Gasteiger partial charge in [-0.2, -0.15) is 0 Å². The van der Waals surface area contributed by atoms with Crippen molar-refractivity contribution < 1.29 is 19.2 Å². The van der Waals surface area contributed by atoms with Gasteiger partial charge in [-0.1, -0.05) is 57.4 Å². The molecule has 40 heavy (non-hydrogen) atoms. The van der Waals surface area contributed by atoms with E-state index in [0.717, 1.165) is 58.0 Å². The van der Waals surface area contributed by atoms with Crippen LogP contribution in [-0.2, 0) is 0 Å². The van der Waals surface area contributed by atoms with Gasteiger partial charge in [0.25, 0.3) is 23.6 Å². The Labute approximate surface area is 231 Å². The second kappa shape index (κ2) is 8.85. The molecule has 5 aromatic rings. The van der Waals surface area contributed by atoms with Crippen molar-refractivity contribution in [1.82, 2.24) is 9.80 Å². The molecule has 0 bridgehead atoms. The number of unbranched alkanes of at least 4 members (excludes halogenated alkanes) is 1. The first-order valence-corrected chi connectivity index (χ1v) is 14.3. The lowest BCUT2D eigenvalue weighted by atomic mass is 9.82. The van der Waals surface area contributed by atoms with Gasteiger partial charge in [0.05, 0.1) is 0 Å². The summed E-state index contributed by atoms with van der Waals surface area (Å²) in [4.78, 5) is 56.8. The summed E-state index contributed by atoms with van der Waals surface area (Å²) >= 11 is 0. The number of hydrogen-bond donors (Lipinski definition) is 0. The van der Waals surface area contributed by atoms with Gasteiger partial charge in [-0.05, 0) is 75.8 Å². The molecule has 2 heterocycles. The van der Waals surface area contributed by atoms with Crippen molar-refractivity contribution in [3.63, 3.8) is 0 Å². The monoisotopic (exact) mass is 530 g/mol. The molecular formula is C34H30N2O4. The fraction of sp³-hybridized carbons (Fsp3) is 0.294. The van der Waals surface area contributed by atoms with Gasteiger partial charge in [-0.25, -0.2) is 0 Å². The number of benzene rings is 5. The maximum atomic E-state index is 13.8.